The first-order valence-corrected chi connectivity index (χ1v) is 4.60. The van der Waals surface area contributed by atoms with E-state index >= 15 is 0 Å². The lowest BCUT2D eigenvalue weighted by Crippen LogP contribution is -1.93. The topological polar surface area (TPSA) is 57.5 Å². The van der Waals surface area contributed by atoms with Crippen molar-refractivity contribution < 1.29 is 15.0 Å². The summed E-state index contributed by atoms with van der Waals surface area (Å²) in [6, 6.07) is 8.30. The third-order valence-corrected chi connectivity index (χ3v) is 1.52. The van der Waals surface area contributed by atoms with Gasteiger partial charge < -0.3 is 10.2 Å². The monoisotopic (exact) mass is 208 g/mol. The number of rotatable bonds is 2. The Kier molecular flexibility index (Phi) is 6.93. The number of carbonyl (C=O) groups is 1. The Labute approximate surface area is 89.7 Å². The minimum atomic E-state index is -0.879. The zero-order chi connectivity index (χ0) is 11.7. The average molecular weight is 208 g/mol. The summed E-state index contributed by atoms with van der Waals surface area (Å²) in [5, 5.41) is 16.5. The molecular weight excluding hydrogens is 192 g/mol. The van der Waals surface area contributed by atoms with Crippen LogP contribution in [0, 0.1) is 0 Å². The number of aromatic carboxylic acids is 1. The molecule has 1 aromatic rings. The summed E-state index contributed by atoms with van der Waals surface area (Å²) >= 11 is 0. The lowest BCUT2D eigenvalue weighted by Gasteiger charge is -1.88. The number of carboxylic acids is 1. The van der Waals surface area contributed by atoms with Gasteiger partial charge in [0.2, 0.25) is 0 Å². The van der Waals surface area contributed by atoms with Crippen molar-refractivity contribution in [1.29, 1.82) is 0 Å². The summed E-state index contributed by atoms with van der Waals surface area (Å²) in [7, 11) is 0. The van der Waals surface area contributed by atoms with E-state index in [1.165, 1.54) is 0 Å². The van der Waals surface area contributed by atoms with Gasteiger partial charge in [0.1, 0.15) is 0 Å². The summed E-state index contributed by atoms with van der Waals surface area (Å²) < 4.78 is 0. The Bertz CT molecular complexity index is 311. The SMILES string of the molecule is CC(C)=CCO.O=C(O)c1ccccc1. The molecule has 2 N–H and O–H groups in total. The lowest BCUT2D eigenvalue weighted by molar-refractivity contribution is 0.0697. The van der Waals surface area contributed by atoms with E-state index in [0.717, 1.165) is 5.57 Å². The number of aliphatic hydroxyl groups excluding tert-OH is 1. The summed E-state index contributed by atoms with van der Waals surface area (Å²) in [6.45, 7) is 4.08. The maximum absolute atomic E-state index is 10.2. The van der Waals surface area contributed by atoms with Crippen LogP contribution in [0.25, 0.3) is 0 Å². The highest BCUT2D eigenvalue weighted by Crippen LogP contribution is 1.96. The molecule has 0 aliphatic heterocycles. The van der Waals surface area contributed by atoms with Crippen molar-refractivity contribution >= 4 is 5.97 Å². The maximum Gasteiger partial charge on any atom is 0.335 e. The van der Waals surface area contributed by atoms with E-state index in [4.69, 9.17) is 10.2 Å². The highest BCUT2D eigenvalue weighted by Gasteiger charge is 1.96. The molecule has 0 aromatic heterocycles. The van der Waals surface area contributed by atoms with Crippen LogP contribution in [0.1, 0.15) is 24.2 Å². The van der Waals surface area contributed by atoms with E-state index in [9.17, 15) is 4.79 Å². The van der Waals surface area contributed by atoms with Crippen molar-refractivity contribution in [2.45, 2.75) is 13.8 Å². The fraction of sp³-hybridized carbons (Fsp3) is 0.250. The van der Waals surface area contributed by atoms with Crippen LogP contribution in [-0.4, -0.2) is 22.8 Å². The van der Waals surface area contributed by atoms with Crippen LogP contribution in [0.2, 0.25) is 0 Å². The van der Waals surface area contributed by atoms with Gasteiger partial charge in [0.05, 0.1) is 12.2 Å². The maximum atomic E-state index is 10.2. The number of hydrogen-bond donors (Lipinski definition) is 2. The summed E-state index contributed by atoms with van der Waals surface area (Å²) in [5.74, 6) is -0.879. The predicted molar refractivity (Wildman–Crippen MR) is 59.9 cm³/mol. The van der Waals surface area contributed by atoms with E-state index < -0.39 is 5.97 Å². The molecule has 0 fully saturated rings. The summed E-state index contributed by atoms with van der Waals surface area (Å²) in [6.07, 6.45) is 1.76. The molecule has 3 nitrogen and oxygen atoms in total. The van der Waals surface area contributed by atoms with Crippen LogP contribution in [0.15, 0.2) is 42.0 Å². The second-order valence-corrected chi connectivity index (χ2v) is 3.14. The molecule has 0 radical (unpaired) electrons. The third-order valence-electron chi connectivity index (χ3n) is 1.52. The van der Waals surface area contributed by atoms with Gasteiger partial charge in [0.25, 0.3) is 0 Å². The lowest BCUT2D eigenvalue weighted by atomic mass is 10.2. The Morgan fingerprint density at radius 3 is 2.00 bits per heavy atom. The van der Waals surface area contributed by atoms with Gasteiger partial charge in [-0.25, -0.2) is 4.79 Å². The van der Waals surface area contributed by atoms with E-state index in [-0.39, 0.29) is 6.61 Å². The second kappa shape index (κ2) is 7.76. The Morgan fingerprint density at radius 2 is 1.80 bits per heavy atom. The normalized spacial score (nSPS) is 8.47. The standard InChI is InChI=1S/C7H6O2.C5H10O/c8-7(9)6-4-2-1-3-5-6;1-5(2)3-4-6/h1-5H,(H,8,9);3,6H,4H2,1-2H3. The van der Waals surface area contributed by atoms with Crippen LogP contribution in [0.5, 0.6) is 0 Å². The number of hydrogen-bond acceptors (Lipinski definition) is 2. The molecule has 0 unspecified atom stereocenters. The van der Waals surface area contributed by atoms with Gasteiger partial charge in [-0.15, -0.1) is 0 Å². The molecule has 0 amide bonds. The third kappa shape index (κ3) is 7.46. The molecule has 1 aromatic carbocycles. The van der Waals surface area contributed by atoms with Crippen molar-refractivity contribution in [1.82, 2.24) is 0 Å². The van der Waals surface area contributed by atoms with Crippen LogP contribution in [0.3, 0.4) is 0 Å². The minimum Gasteiger partial charge on any atom is -0.478 e. The molecule has 0 spiro atoms. The Morgan fingerprint density at radius 1 is 1.27 bits per heavy atom. The number of aliphatic hydroxyl groups is 1. The fourth-order valence-electron chi connectivity index (χ4n) is 0.763. The van der Waals surface area contributed by atoms with Crippen LogP contribution < -0.4 is 0 Å². The number of carboxylic acid groups (broad SMARTS) is 1. The molecule has 0 bridgehead atoms. The highest BCUT2D eigenvalue weighted by molar-refractivity contribution is 5.87. The molecule has 1 rings (SSSR count). The van der Waals surface area contributed by atoms with Gasteiger partial charge in [-0.3, -0.25) is 0 Å². The smallest absolute Gasteiger partial charge is 0.335 e. The van der Waals surface area contributed by atoms with E-state index in [2.05, 4.69) is 0 Å². The zero-order valence-corrected chi connectivity index (χ0v) is 8.97. The van der Waals surface area contributed by atoms with E-state index in [1.54, 1.807) is 36.4 Å². The molecule has 0 aliphatic rings. The first-order chi connectivity index (χ1) is 7.07. The first-order valence-electron chi connectivity index (χ1n) is 4.60. The molecule has 0 saturated heterocycles. The molecular formula is C12H16O3. The van der Waals surface area contributed by atoms with E-state index in [1.807, 2.05) is 13.8 Å². The van der Waals surface area contributed by atoms with Crippen LogP contribution in [-0.2, 0) is 0 Å². The first kappa shape index (κ1) is 13.4. The quantitative estimate of drug-likeness (QED) is 0.733. The fourth-order valence-corrected chi connectivity index (χ4v) is 0.763. The number of allylic oxidation sites excluding steroid dienone is 1. The van der Waals surface area contributed by atoms with Gasteiger partial charge in [-0.2, -0.15) is 0 Å². The van der Waals surface area contributed by atoms with Crippen molar-refractivity contribution in [3.8, 4) is 0 Å². The van der Waals surface area contributed by atoms with E-state index in [0.29, 0.717) is 5.56 Å². The van der Waals surface area contributed by atoms with Crippen molar-refractivity contribution in [2.75, 3.05) is 6.61 Å². The Hall–Kier alpha value is -1.61. The molecule has 0 atom stereocenters. The second-order valence-electron chi connectivity index (χ2n) is 3.14. The summed E-state index contributed by atoms with van der Waals surface area (Å²) in [4.78, 5) is 10.2. The van der Waals surface area contributed by atoms with Crippen LogP contribution in [0.4, 0.5) is 0 Å². The molecule has 0 aliphatic carbocycles. The van der Waals surface area contributed by atoms with Crippen LogP contribution >= 0.6 is 0 Å². The molecule has 82 valence electrons. The molecule has 15 heavy (non-hydrogen) atoms. The molecule has 0 heterocycles. The van der Waals surface area contributed by atoms with Gasteiger partial charge in [0, 0.05) is 0 Å². The van der Waals surface area contributed by atoms with Gasteiger partial charge in [-0.1, -0.05) is 29.8 Å². The minimum absolute atomic E-state index is 0.169. The zero-order valence-electron chi connectivity index (χ0n) is 8.97. The average Bonchev–Trinajstić information content (AvgIpc) is 2.20. The summed E-state index contributed by atoms with van der Waals surface area (Å²) in [5.41, 5.74) is 1.50. The van der Waals surface area contributed by atoms with Crippen molar-refractivity contribution in [2.24, 2.45) is 0 Å². The van der Waals surface area contributed by atoms with Crippen molar-refractivity contribution in [3.05, 3.63) is 47.5 Å². The molecule has 0 saturated carbocycles. The van der Waals surface area contributed by atoms with Gasteiger partial charge >= 0.3 is 5.97 Å². The molecule has 3 heteroatoms. The highest BCUT2D eigenvalue weighted by atomic mass is 16.4. The Balaban J connectivity index is 0.000000288. The van der Waals surface area contributed by atoms with Crippen molar-refractivity contribution in [3.63, 3.8) is 0 Å². The predicted octanol–water partition coefficient (Wildman–Crippen LogP) is 2.33. The largest absolute Gasteiger partial charge is 0.478 e. The van der Waals surface area contributed by atoms with Gasteiger partial charge in [0.15, 0.2) is 0 Å². The number of benzene rings is 1. The van der Waals surface area contributed by atoms with Gasteiger partial charge in [-0.05, 0) is 26.0 Å².